The van der Waals surface area contributed by atoms with Crippen LogP contribution in [-0.2, 0) is 28.6 Å². The third-order valence-corrected chi connectivity index (χ3v) is 14.0. The van der Waals surface area contributed by atoms with E-state index in [0.717, 1.165) is 122 Å². The Morgan fingerprint density at radius 2 is 0.494 bits per heavy atom. The lowest BCUT2D eigenvalue weighted by molar-refractivity contribution is -0.167. The van der Waals surface area contributed by atoms with Crippen molar-refractivity contribution in [3.8, 4) is 0 Å². The maximum atomic E-state index is 12.9. The van der Waals surface area contributed by atoms with Gasteiger partial charge in [0.25, 0.3) is 0 Å². The summed E-state index contributed by atoms with van der Waals surface area (Å²) in [6, 6.07) is 0. The van der Waals surface area contributed by atoms with E-state index in [1.807, 2.05) is 0 Å². The Bertz CT molecular complexity index is 1640. The van der Waals surface area contributed by atoms with Crippen LogP contribution in [0.5, 0.6) is 0 Å². The summed E-state index contributed by atoms with van der Waals surface area (Å²) in [5, 5.41) is 0. The van der Waals surface area contributed by atoms with E-state index >= 15 is 0 Å². The lowest BCUT2D eigenvalue weighted by Gasteiger charge is -2.18. The molecule has 0 aromatic carbocycles. The number of ether oxygens (including phenoxy) is 3. The number of esters is 3. The number of carbonyl (C=O) groups excluding carboxylic acids is 3. The molecule has 0 fully saturated rings. The van der Waals surface area contributed by atoms with Crippen LogP contribution in [-0.4, -0.2) is 37.2 Å². The minimum atomic E-state index is -0.784. The predicted molar refractivity (Wildman–Crippen MR) is 343 cm³/mol. The van der Waals surface area contributed by atoms with Gasteiger partial charge in [-0.05, 0) is 116 Å². The van der Waals surface area contributed by atoms with Crippen LogP contribution in [0.3, 0.4) is 0 Å². The Kier molecular flexibility index (Phi) is 62.8. The van der Waals surface area contributed by atoms with Crippen molar-refractivity contribution in [3.63, 3.8) is 0 Å². The van der Waals surface area contributed by atoms with E-state index in [4.69, 9.17) is 14.2 Å². The number of unbranched alkanes of at least 4 members (excludes halogenated alkanes) is 28. The average Bonchev–Trinajstić information content (AvgIpc) is 3.45. The first-order valence-electron chi connectivity index (χ1n) is 33.0. The summed E-state index contributed by atoms with van der Waals surface area (Å²) in [4.78, 5) is 38.1. The van der Waals surface area contributed by atoms with E-state index in [2.05, 4.69) is 142 Å². The maximum absolute atomic E-state index is 12.9. The average molecular weight is 1100 g/mol. The summed E-state index contributed by atoms with van der Waals surface area (Å²) in [5.74, 6) is -0.897. The zero-order chi connectivity index (χ0) is 57.1. The van der Waals surface area contributed by atoms with Crippen LogP contribution in [0.15, 0.2) is 122 Å². The normalized spacial score (nSPS) is 12.9. The zero-order valence-electron chi connectivity index (χ0n) is 51.6. The van der Waals surface area contributed by atoms with Gasteiger partial charge in [-0.1, -0.05) is 290 Å². The largest absolute Gasteiger partial charge is 0.462 e. The lowest BCUT2D eigenvalue weighted by Crippen LogP contribution is -2.30. The summed E-state index contributed by atoms with van der Waals surface area (Å²) < 4.78 is 16.8. The van der Waals surface area contributed by atoms with Gasteiger partial charge in [0, 0.05) is 19.3 Å². The van der Waals surface area contributed by atoms with Gasteiger partial charge in [0.1, 0.15) is 13.2 Å². The zero-order valence-corrected chi connectivity index (χ0v) is 51.6. The molecule has 79 heavy (non-hydrogen) atoms. The summed E-state index contributed by atoms with van der Waals surface area (Å²) in [7, 11) is 0. The fourth-order valence-electron chi connectivity index (χ4n) is 9.02. The molecule has 0 spiro atoms. The molecule has 6 heteroatoms. The molecule has 0 aliphatic carbocycles. The SMILES string of the molecule is CC/C=C\C/C=C\C/C=C\C/C=C\C/C=C\C/C=C\C/C=C\C/C=C\C/C=C\CCCCCCCCCC(=O)OCC(COC(=O)CCCCCCCCCC)OC(=O)CCCCCCCCC/C=C\CCCCCCCCC. The first kappa shape index (κ1) is 74.8. The van der Waals surface area contributed by atoms with Gasteiger partial charge in [-0.25, -0.2) is 0 Å². The van der Waals surface area contributed by atoms with E-state index in [1.165, 1.54) is 141 Å². The minimum absolute atomic E-state index is 0.0822. The van der Waals surface area contributed by atoms with Crippen LogP contribution in [0.2, 0.25) is 0 Å². The highest BCUT2D eigenvalue weighted by Gasteiger charge is 2.19. The fraction of sp³-hybridized carbons (Fsp3) is 0.685. The predicted octanol–water partition coefficient (Wildman–Crippen LogP) is 22.8. The van der Waals surface area contributed by atoms with Gasteiger partial charge in [0.15, 0.2) is 6.10 Å². The first-order chi connectivity index (χ1) is 39.0. The van der Waals surface area contributed by atoms with Crippen molar-refractivity contribution >= 4 is 17.9 Å². The second-order valence-electron chi connectivity index (χ2n) is 21.6. The molecular weight excluding hydrogens is 973 g/mol. The van der Waals surface area contributed by atoms with Gasteiger partial charge in [-0.2, -0.15) is 0 Å². The molecule has 0 aliphatic heterocycles. The molecule has 6 nitrogen and oxygen atoms in total. The van der Waals surface area contributed by atoms with E-state index in [-0.39, 0.29) is 31.1 Å². The topological polar surface area (TPSA) is 78.9 Å². The summed E-state index contributed by atoms with van der Waals surface area (Å²) in [6.45, 7) is 6.50. The Morgan fingerprint density at radius 1 is 0.266 bits per heavy atom. The smallest absolute Gasteiger partial charge is 0.306 e. The molecule has 0 aliphatic rings. The third kappa shape index (κ3) is 64.5. The second-order valence-corrected chi connectivity index (χ2v) is 21.6. The van der Waals surface area contributed by atoms with Crippen LogP contribution in [0.4, 0.5) is 0 Å². The molecule has 0 N–H and O–H groups in total. The summed E-state index contributed by atoms with van der Waals surface area (Å²) >= 11 is 0. The van der Waals surface area contributed by atoms with Gasteiger partial charge >= 0.3 is 17.9 Å². The molecule has 0 aromatic heterocycles. The van der Waals surface area contributed by atoms with Gasteiger partial charge in [-0.3, -0.25) is 14.4 Å². The highest BCUT2D eigenvalue weighted by atomic mass is 16.6. The number of allylic oxidation sites excluding steroid dienone is 20. The third-order valence-electron chi connectivity index (χ3n) is 14.0. The quantitative estimate of drug-likeness (QED) is 0.0261. The molecular formula is C73H122O6. The molecule has 1 atom stereocenters. The van der Waals surface area contributed by atoms with Crippen molar-refractivity contribution in [1.82, 2.24) is 0 Å². The lowest BCUT2D eigenvalue weighted by atomic mass is 10.1. The number of rotatable bonds is 59. The van der Waals surface area contributed by atoms with Crippen molar-refractivity contribution in [2.24, 2.45) is 0 Å². The van der Waals surface area contributed by atoms with Crippen LogP contribution in [0.25, 0.3) is 0 Å². The Labute approximate surface area is 488 Å². The standard InChI is InChI=1S/C73H122O6/c1-4-7-10-13-16-19-21-23-25-27-29-30-31-32-33-34-35-36-37-38-39-40-41-42-43-44-45-47-48-50-52-54-57-60-63-66-72(75)78-69-70(68-77-71(74)65-62-59-56-18-15-12-9-6-3)79-73(76)67-64-61-58-55-53-51-49-46-28-26-24-22-20-17-14-11-8-5-2/h7,10,16,19,23,25-26,28-30,32-33,35-36,38-39,41-42,44-45,70H,4-6,8-9,11-15,17-18,20-22,24,27,31,34,37,40,43,46-69H2,1-3H3/b10-7-,19-16-,25-23-,28-26-,30-29-,33-32-,36-35-,39-38-,42-41-,45-44-. The Balaban J connectivity index is 4.18. The van der Waals surface area contributed by atoms with E-state index < -0.39 is 6.10 Å². The minimum Gasteiger partial charge on any atom is -0.462 e. The number of carbonyl (C=O) groups is 3. The first-order valence-corrected chi connectivity index (χ1v) is 33.0. The molecule has 0 saturated heterocycles. The fourth-order valence-corrected chi connectivity index (χ4v) is 9.02. The highest BCUT2D eigenvalue weighted by molar-refractivity contribution is 5.71. The van der Waals surface area contributed by atoms with E-state index in [1.54, 1.807) is 0 Å². The van der Waals surface area contributed by atoms with Crippen LogP contribution < -0.4 is 0 Å². The molecule has 0 radical (unpaired) electrons. The molecule has 450 valence electrons. The van der Waals surface area contributed by atoms with E-state index in [9.17, 15) is 14.4 Å². The number of hydrogen-bond donors (Lipinski definition) is 0. The molecule has 0 aromatic rings. The highest BCUT2D eigenvalue weighted by Crippen LogP contribution is 2.15. The van der Waals surface area contributed by atoms with Crippen molar-refractivity contribution in [2.45, 2.75) is 309 Å². The Hall–Kier alpha value is -4.19. The van der Waals surface area contributed by atoms with Crippen molar-refractivity contribution in [2.75, 3.05) is 13.2 Å². The van der Waals surface area contributed by atoms with Gasteiger partial charge < -0.3 is 14.2 Å². The van der Waals surface area contributed by atoms with Gasteiger partial charge in [0.2, 0.25) is 0 Å². The summed E-state index contributed by atoms with van der Waals surface area (Å²) in [6.07, 6.45) is 92.3. The van der Waals surface area contributed by atoms with Crippen LogP contribution >= 0.6 is 0 Å². The number of hydrogen-bond acceptors (Lipinski definition) is 6. The van der Waals surface area contributed by atoms with Crippen LogP contribution in [0.1, 0.15) is 303 Å². The molecule has 0 heterocycles. The van der Waals surface area contributed by atoms with Crippen molar-refractivity contribution in [3.05, 3.63) is 122 Å². The van der Waals surface area contributed by atoms with E-state index in [0.29, 0.717) is 19.3 Å². The Morgan fingerprint density at radius 3 is 0.785 bits per heavy atom. The van der Waals surface area contributed by atoms with Gasteiger partial charge in [0.05, 0.1) is 0 Å². The van der Waals surface area contributed by atoms with Crippen molar-refractivity contribution < 1.29 is 28.6 Å². The molecule has 0 amide bonds. The second kappa shape index (κ2) is 66.3. The van der Waals surface area contributed by atoms with Crippen molar-refractivity contribution in [1.29, 1.82) is 0 Å². The monoisotopic (exact) mass is 1090 g/mol. The molecule has 0 saturated carbocycles. The van der Waals surface area contributed by atoms with Crippen LogP contribution in [0, 0.1) is 0 Å². The summed E-state index contributed by atoms with van der Waals surface area (Å²) in [5.41, 5.74) is 0. The molecule has 0 rings (SSSR count). The van der Waals surface area contributed by atoms with Gasteiger partial charge in [-0.15, -0.1) is 0 Å². The molecule has 1 unspecified atom stereocenters. The maximum Gasteiger partial charge on any atom is 0.306 e. The molecule has 0 bridgehead atoms.